The van der Waals surface area contributed by atoms with Gasteiger partial charge >= 0.3 is 6.03 Å². The second-order valence-corrected chi connectivity index (χ2v) is 7.11. The number of aromatic nitrogens is 1. The maximum absolute atomic E-state index is 12.1. The van der Waals surface area contributed by atoms with Crippen LogP contribution < -0.4 is 10.0 Å². The molecular formula is C16H20N4O3S. The van der Waals surface area contributed by atoms with Crippen LogP contribution in [0.15, 0.2) is 53.7 Å². The average Bonchev–Trinajstić information content (AvgIpc) is 2.60. The molecule has 0 fully saturated rings. The second-order valence-electron chi connectivity index (χ2n) is 5.23. The summed E-state index contributed by atoms with van der Waals surface area (Å²) in [5, 5.41) is 2.77. The van der Waals surface area contributed by atoms with Crippen LogP contribution in [0.25, 0.3) is 0 Å². The Morgan fingerprint density at radius 1 is 1.17 bits per heavy atom. The summed E-state index contributed by atoms with van der Waals surface area (Å²) in [6.45, 7) is 0.703. The molecule has 8 heteroatoms. The Kier molecular flexibility index (Phi) is 5.88. The van der Waals surface area contributed by atoms with Crippen LogP contribution in [0, 0.1) is 0 Å². The highest BCUT2D eigenvalue weighted by atomic mass is 32.2. The molecule has 0 aliphatic carbocycles. The molecule has 0 unspecified atom stereocenters. The lowest BCUT2D eigenvalue weighted by Gasteiger charge is -2.18. The van der Waals surface area contributed by atoms with Gasteiger partial charge in [-0.1, -0.05) is 12.1 Å². The van der Waals surface area contributed by atoms with E-state index < -0.39 is 10.0 Å². The summed E-state index contributed by atoms with van der Waals surface area (Å²) in [7, 11) is -0.444. The molecule has 0 bridgehead atoms. The standard InChI is InChI=1S/C16H20N4O3S/c1-17-24(22,23)15-5-3-4-14(10-15)11-19-16(21)20(2)12-13-6-8-18-9-7-13/h3-10,17H,11-12H2,1-2H3,(H,19,21). The zero-order valence-electron chi connectivity index (χ0n) is 13.6. The number of pyridine rings is 1. The summed E-state index contributed by atoms with van der Waals surface area (Å²) < 4.78 is 25.8. The lowest BCUT2D eigenvalue weighted by atomic mass is 10.2. The minimum absolute atomic E-state index is 0.168. The van der Waals surface area contributed by atoms with E-state index in [1.54, 1.807) is 36.5 Å². The van der Waals surface area contributed by atoms with Gasteiger partial charge in [0.2, 0.25) is 10.0 Å². The van der Waals surface area contributed by atoms with Crippen molar-refractivity contribution in [1.29, 1.82) is 0 Å². The topological polar surface area (TPSA) is 91.4 Å². The number of carbonyl (C=O) groups excluding carboxylic acids is 1. The third-order valence-corrected chi connectivity index (χ3v) is 4.85. The van der Waals surface area contributed by atoms with Crippen molar-refractivity contribution in [2.24, 2.45) is 0 Å². The van der Waals surface area contributed by atoms with Gasteiger partial charge in [0.1, 0.15) is 0 Å². The van der Waals surface area contributed by atoms with Crippen molar-refractivity contribution in [2.75, 3.05) is 14.1 Å². The molecule has 2 aromatic rings. The van der Waals surface area contributed by atoms with Crippen molar-refractivity contribution in [1.82, 2.24) is 19.9 Å². The van der Waals surface area contributed by atoms with E-state index in [0.717, 1.165) is 5.56 Å². The van der Waals surface area contributed by atoms with E-state index in [0.29, 0.717) is 12.1 Å². The van der Waals surface area contributed by atoms with E-state index in [9.17, 15) is 13.2 Å². The molecule has 1 aromatic heterocycles. The summed E-state index contributed by atoms with van der Waals surface area (Å²) in [4.78, 5) is 17.8. The van der Waals surface area contributed by atoms with Crippen LogP contribution in [-0.2, 0) is 23.1 Å². The Morgan fingerprint density at radius 2 is 1.88 bits per heavy atom. The number of amides is 2. The lowest BCUT2D eigenvalue weighted by molar-refractivity contribution is 0.206. The van der Waals surface area contributed by atoms with E-state index >= 15 is 0 Å². The number of urea groups is 1. The summed E-state index contributed by atoms with van der Waals surface area (Å²) in [5.74, 6) is 0. The van der Waals surface area contributed by atoms with Crippen LogP contribution in [0.4, 0.5) is 4.79 Å². The third kappa shape index (κ3) is 4.77. The summed E-state index contributed by atoms with van der Waals surface area (Å²) in [5.41, 5.74) is 1.68. The summed E-state index contributed by atoms with van der Waals surface area (Å²) >= 11 is 0. The van der Waals surface area contributed by atoms with Crippen LogP contribution in [0.1, 0.15) is 11.1 Å². The van der Waals surface area contributed by atoms with E-state index in [2.05, 4.69) is 15.0 Å². The quantitative estimate of drug-likeness (QED) is 0.824. The molecule has 0 atom stereocenters. The highest BCUT2D eigenvalue weighted by molar-refractivity contribution is 7.89. The Bertz CT molecular complexity index is 794. The lowest BCUT2D eigenvalue weighted by Crippen LogP contribution is -2.36. The zero-order valence-corrected chi connectivity index (χ0v) is 14.4. The van der Waals surface area contributed by atoms with Gasteiger partial charge in [0.25, 0.3) is 0 Å². The third-order valence-electron chi connectivity index (χ3n) is 3.44. The first-order chi connectivity index (χ1) is 11.4. The Morgan fingerprint density at radius 3 is 2.54 bits per heavy atom. The molecule has 0 radical (unpaired) electrons. The van der Waals surface area contributed by atoms with E-state index in [1.807, 2.05) is 12.1 Å². The van der Waals surface area contributed by atoms with Crippen molar-refractivity contribution in [3.8, 4) is 0 Å². The van der Waals surface area contributed by atoms with Crippen LogP contribution in [0.5, 0.6) is 0 Å². The fraction of sp³-hybridized carbons (Fsp3) is 0.250. The number of nitrogens with zero attached hydrogens (tertiary/aromatic N) is 2. The van der Waals surface area contributed by atoms with Gasteiger partial charge in [-0.25, -0.2) is 17.9 Å². The van der Waals surface area contributed by atoms with Gasteiger partial charge < -0.3 is 10.2 Å². The highest BCUT2D eigenvalue weighted by Crippen LogP contribution is 2.11. The fourth-order valence-electron chi connectivity index (χ4n) is 2.09. The molecule has 2 amide bonds. The number of carbonyl (C=O) groups is 1. The van der Waals surface area contributed by atoms with Crippen molar-refractivity contribution in [3.05, 3.63) is 59.9 Å². The molecule has 0 aliphatic heterocycles. The first-order valence-electron chi connectivity index (χ1n) is 7.33. The minimum Gasteiger partial charge on any atom is -0.334 e. The SMILES string of the molecule is CNS(=O)(=O)c1cccc(CNC(=O)N(C)Cc2ccncc2)c1. The molecule has 24 heavy (non-hydrogen) atoms. The molecule has 1 aromatic carbocycles. The van der Waals surface area contributed by atoms with Gasteiger partial charge in [0, 0.05) is 32.5 Å². The predicted molar refractivity (Wildman–Crippen MR) is 90.6 cm³/mol. The molecule has 0 aliphatic rings. The number of sulfonamides is 1. The molecule has 128 valence electrons. The van der Waals surface area contributed by atoms with Gasteiger partial charge in [-0.2, -0.15) is 0 Å². The van der Waals surface area contributed by atoms with Crippen molar-refractivity contribution in [3.63, 3.8) is 0 Å². The number of hydrogen-bond donors (Lipinski definition) is 2. The van der Waals surface area contributed by atoms with Gasteiger partial charge in [-0.05, 0) is 42.4 Å². The molecule has 1 heterocycles. The van der Waals surface area contributed by atoms with E-state index in [4.69, 9.17) is 0 Å². The monoisotopic (exact) mass is 348 g/mol. The van der Waals surface area contributed by atoms with Crippen molar-refractivity contribution in [2.45, 2.75) is 18.0 Å². The molecule has 0 spiro atoms. The second kappa shape index (κ2) is 7.89. The highest BCUT2D eigenvalue weighted by Gasteiger charge is 2.12. The predicted octanol–water partition coefficient (Wildman–Crippen LogP) is 1.33. The smallest absolute Gasteiger partial charge is 0.317 e. The maximum atomic E-state index is 12.1. The van der Waals surface area contributed by atoms with Crippen LogP contribution in [-0.4, -0.2) is 38.4 Å². The summed E-state index contributed by atoms with van der Waals surface area (Å²) in [6, 6.07) is 9.89. The van der Waals surface area contributed by atoms with Crippen LogP contribution in [0.3, 0.4) is 0 Å². The molecular weight excluding hydrogens is 328 g/mol. The molecule has 7 nitrogen and oxygen atoms in total. The largest absolute Gasteiger partial charge is 0.334 e. The molecule has 2 N–H and O–H groups in total. The fourth-order valence-corrected chi connectivity index (χ4v) is 2.89. The zero-order chi connectivity index (χ0) is 17.6. The molecule has 2 rings (SSSR count). The Hall–Kier alpha value is -2.45. The van der Waals surface area contributed by atoms with Crippen molar-refractivity contribution >= 4 is 16.1 Å². The minimum atomic E-state index is -3.50. The van der Waals surface area contributed by atoms with E-state index in [-0.39, 0.29) is 17.5 Å². The van der Waals surface area contributed by atoms with Gasteiger partial charge in [0.15, 0.2) is 0 Å². The number of rotatable bonds is 6. The normalized spacial score (nSPS) is 11.1. The number of benzene rings is 1. The first kappa shape index (κ1) is 17.9. The molecule has 0 saturated carbocycles. The number of nitrogens with one attached hydrogen (secondary N) is 2. The van der Waals surface area contributed by atoms with Gasteiger partial charge in [-0.15, -0.1) is 0 Å². The van der Waals surface area contributed by atoms with Crippen molar-refractivity contribution < 1.29 is 13.2 Å². The Labute approximate surface area is 141 Å². The molecule has 0 saturated heterocycles. The average molecular weight is 348 g/mol. The maximum Gasteiger partial charge on any atom is 0.317 e. The van der Waals surface area contributed by atoms with Gasteiger partial charge in [0.05, 0.1) is 4.90 Å². The summed E-state index contributed by atoms with van der Waals surface area (Å²) in [6.07, 6.45) is 3.35. The first-order valence-corrected chi connectivity index (χ1v) is 8.81. The number of hydrogen-bond acceptors (Lipinski definition) is 4. The Balaban J connectivity index is 1.95. The van der Waals surface area contributed by atoms with Crippen LogP contribution in [0.2, 0.25) is 0 Å². The van der Waals surface area contributed by atoms with E-state index in [1.165, 1.54) is 19.2 Å². The van der Waals surface area contributed by atoms with Gasteiger partial charge in [-0.3, -0.25) is 4.98 Å². The van der Waals surface area contributed by atoms with Crippen LogP contribution >= 0.6 is 0 Å².